The Labute approximate surface area is 179 Å². The Hall–Kier alpha value is -4.18. The number of benzene rings is 3. The van der Waals surface area contributed by atoms with Crippen LogP contribution in [0.4, 0.5) is 0 Å². The number of aromatic nitrogens is 3. The number of hydrogen-bond acceptors (Lipinski definition) is 3. The lowest BCUT2D eigenvalue weighted by molar-refractivity contribution is 0.483. The summed E-state index contributed by atoms with van der Waals surface area (Å²) in [6, 6.07) is 26.7. The van der Waals surface area contributed by atoms with Crippen LogP contribution in [-0.2, 0) is 0 Å². The standard InChI is InChI=1S/C27H19N3O/c1-18-9-10-19(16-23(18)25-7-4-5-13-28-25)31-20-11-12-21-22-6-2-3-8-26(22)30-15-14-29-27(30)24(21)17-20/h2-17H,1H3. The van der Waals surface area contributed by atoms with Crippen LogP contribution in [0.25, 0.3) is 38.6 Å². The maximum atomic E-state index is 6.28. The third kappa shape index (κ3) is 2.92. The number of para-hydroxylation sites is 1. The molecule has 0 fully saturated rings. The van der Waals surface area contributed by atoms with Crippen LogP contribution in [0.3, 0.4) is 0 Å². The molecule has 3 aromatic heterocycles. The fraction of sp³-hybridized carbons (Fsp3) is 0.0370. The van der Waals surface area contributed by atoms with E-state index in [1.165, 1.54) is 10.8 Å². The van der Waals surface area contributed by atoms with Gasteiger partial charge < -0.3 is 4.74 Å². The smallest absolute Gasteiger partial charge is 0.145 e. The van der Waals surface area contributed by atoms with Crippen LogP contribution in [0.15, 0.2) is 97.5 Å². The summed E-state index contributed by atoms with van der Waals surface area (Å²) in [5.74, 6) is 1.56. The van der Waals surface area contributed by atoms with Gasteiger partial charge in [0.1, 0.15) is 17.1 Å². The molecule has 3 heterocycles. The number of rotatable bonds is 3. The highest BCUT2D eigenvalue weighted by Gasteiger charge is 2.11. The number of pyridine rings is 2. The second-order valence-corrected chi connectivity index (χ2v) is 7.64. The number of fused-ring (bicyclic) bond motifs is 6. The minimum absolute atomic E-state index is 0.781. The highest BCUT2D eigenvalue weighted by atomic mass is 16.5. The van der Waals surface area contributed by atoms with E-state index >= 15 is 0 Å². The van der Waals surface area contributed by atoms with E-state index in [0.29, 0.717) is 0 Å². The quantitative estimate of drug-likeness (QED) is 0.306. The van der Waals surface area contributed by atoms with E-state index in [2.05, 4.69) is 63.8 Å². The van der Waals surface area contributed by atoms with Crippen molar-refractivity contribution in [1.82, 2.24) is 14.4 Å². The molecule has 0 aliphatic carbocycles. The van der Waals surface area contributed by atoms with Crippen LogP contribution in [0.1, 0.15) is 5.56 Å². The van der Waals surface area contributed by atoms with Crippen LogP contribution in [0.2, 0.25) is 0 Å². The van der Waals surface area contributed by atoms with Crippen molar-refractivity contribution in [2.45, 2.75) is 6.92 Å². The SMILES string of the molecule is Cc1ccc(Oc2ccc3c4ccccc4n4ccnc4c3c2)cc1-c1ccccn1. The highest BCUT2D eigenvalue weighted by Crippen LogP contribution is 2.34. The maximum Gasteiger partial charge on any atom is 0.145 e. The molecule has 0 unspecified atom stereocenters. The molecule has 0 bridgehead atoms. The maximum absolute atomic E-state index is 6.28. The monoisotopic (exact) mass is 401 g/mol. The highest BCUT2D eigenvalue weighted by molar-refractivity contribution is 6.12. The molecule has 4 nitrogen and oxygen atoms in total. The molecule has 6 rings (SSSR count). The zero-order valence-electron chi connectivity index (χ0n) is 17.0. The van der Waals surface area contributed by atoms with Crippen LogP contribution >= 0.6 is 0 Å². The normalized spacial score (nSPS) is 11.4. The van der Waals surface area contributed by atoms with Crippen molar-refractivity contribution < 1.29 is 4.74 Å². The first-order valence-corrected chi connectivity index (χ1v) is 10.3. The molecule has 148 valence electrons. The number of imidazole rings is 1. The van der Waals surface area contributed by atoms with Crippen molar-refractivity contribution in [2.75, 3.05) is 0 Å². The van der Waals surface area contributed by atoms with Gasteiger partial charge in [-0.25, -0.2) is 4.98 Å². The van der Waals surface area contributed by atoms with E-state index in [-0.39, 0.29) is 0 Å². The first kappa shape index (κ1) is 17.7. The van der Waals surface area contributed by atoms with Gasteiger partial charge in [-0.15, -0.1) is 0 Å². The lowest BCUT2D eigenvalue weighted by atomic mass is 10.0. The molecule has 0 spiro atoms. The molecule has 0 saturated carbocycles. The lowest BCUT2D eigenvalue weighted by Gasteiger charge is -2.12. The van der Waals surface area contributed by atoms with Crippen LogP contribution in [0.5, 0.6) is 11.5 Å². The van der Waals surface area contributed by atoms with Crippen molar-refractivity contribution in [3.8, 4) is 22.8 Å². The largest absolute Gasteiger partial charge is 0.457 e. The van der Waals surface area contributed by atoms with Crippen molar-refractivity contribution in [2.24, 2.45) is 0 Å². The summed E-state index contributed by atoms with van der Waals surface area (Å²) < 4.78 is 8.41. The fourth-order valence-electron chi connectivity index (χ4n) is 4.21. The first-order valence-electron chi connectivity index (χ1n) is 10.3. The van der Waals surface area contributed by atoms with Gasteiger partial charge in [0.25, 0.3) is 0 Å². The number of ether oxygens (including phenoxy) is 1. The summed E-state index contributed by atoms with van der Waals surface area (Å²) in [6.07, 6.45) is 5.66. The first-order chi connectivity index (χ1) is 15.3. The molecule has 3 aromatic carbocycles. The summed E-state index contributed by atoms with van der Waals surface area (Å²) in [5.41, 5.74) is 5.25. The number of nitrogens with zero attached hydrogens (tertiary/aromatic N) is 3. The molecule has 0 N–H and O–H groups in total. The molecule has 0 radical (unpaired) electrons. The van der Waals surface area contributed by atoms with E-state index in [1.54, 1.807) is 0 Å². The van der Waals surface area contributed by atoms with E-state index in [4.69, 9.17) is 4.74 Å². The van der Waals surface area contributed by atoms with Gasteiger partial charge in [0.15, 0.2) is 0 Å². The van der Waals surface area contributed by atoms with Crippen molar-refractivity contribution in [3.05, 3.63) is 103 Å². The average Bonchev–Trinajstić information content (AvgIpc) is 3.32. The molecule has 6 aromatic rings. The van der Waals surface area contributed by atoms with E-state index in [0.717, 1.165) is 44.9 Å². The molecule has 31 heavy (non-hydrogen) atoms. The molecule has 0 atom stereocenters. The Morgan fingerprint density at radius 1 is 0.710 bits per heavy atom. The van der Waals surface area contributed by atoms with Crippen molar-refractivity contribution in [3.63, 3.8) is 0 Å². The van der Waals surface area contributed by atoms with Gasteiger partial charge in [0.2, 0.25) is 0 Å². The molecular weight excluding hydrogens is 382 g/mol. The Balaban J connectivity index is 1.47. The zero-order valence-corrected chi connectivity index (χ0v) is 17.0. The minimum atomic E-state index is 0.781. The van der Waals surface area contributed by atoms with Gasteiger partial charge in [0.05, 0.1) is 11.2 Å². The third-order valence-electron chi connectivity index (χ3n) is 5.71. The summed E-state index contributed by atoms with van der Waals surface area (Å²) in [5, 5.41) is 3.43. The average molecular weight is 401 g/mol. The summed E-state index contributed by atoms with van der Waals surface area (Å²) in [7, 11) is 0. The van der Waals surface area contributed by atoms with Gasteiger partial charge in [-0.05, 0) is 66.4 Å². The van der Waals surface area contributed by atoms with Crippen LogP contribution < -0.4 is 4.74 Å². The van der Waals surface area contributed by atoms with Crippen molar-refractivity contribution in [1.29, 1.82) is 0 Å². The van der Waals surface area contributed by atoms with E-state index in [1.807, 2.05) is 55.0 Å². The fourth-order valence-corrected chi connectivity index (χ4v) is 4.21. The van der Waals surface area contributed by atoms with Crippen molar-refractivity contribution >= 4 is 27.3 Å². The van der Waals surface area contributed by atoms with E-state index < -0.39 is 0 Å². The lowest BCUT2D eigenvalue weighted by Crippen LogP contribution is -1.92. The molecule has 0 aliphatic heterocycles. The number of hydrogen-bond donors (Lipinski definition) is 0. The van der Waals surface area contributed by atoms with Crippen LogP contribution in [0, 0.1) is 6.92 Å². The van der Waals surface area contributed by atoms with Crippen LogP contribution in [-0.4, -0.2) is 14.4 Å². The number of aryl methyl sites for hydroxylation is 1. The third-order valence-corrected chi connectivity index (χ3v) is 5.71. The molecule has 0 saturated heterocycles. The predicted molar refractivity (Wildman–Crippen MR) is 125 cm³/mol. The van der Waals surface area contributed by atoms with Gasteiger partial charge in [-0.2, -0.15) is 0 Å². The second-order valence-electron chi connectivity index (χ2n) is 7.64. The minimum Gasteiger partial charge on any atom is -0.457 e. The van der Waals surface area contributed by atoms with Gasteiger partial charge >= 0.3 is 0 Å². The topological polar surface area (TPSA) is 39.4 Å². The van der Waals surface area contributed by atoms with E-state index in [9.17, 15) is 0 Å². The Bertz CT molecular complexity index is 1570. The molecule has 4 heteroatoms. The van der Waals surface area contributed by atoms with Gasteiger partial charge in [-0.1, -0.05) is 30.3 Å². The summed E-state index contributed by atoms with van der Waals surface area (Å²) in [4.78, 5) is 9.10. The predicted octanol–water partition coefficient (Wildman–Crippen LogP) is 6.80. The van der Waals surface area contributed by atoms with Gasteiger partial charge in [-0.3, -0.25) is 9.38 Å². The second kappa shape index (κ2) is 6.96. The Morgan fingerprint density at radius 3 is 2.45 bits per heavy atom. The Kier molecular flexibility index (Phi) is 3.96. The summed E-state index contributed by atoms with van der Waals surface area (Å²) >= 11 is 0. The Morgan fingerprint density at radius 2 is 1.55 bits per heavy atom. The van der Waals surface area contributed by atoms with Gasteiger partial charge in [0, 0.05) is 34.9 Å². The summed E-state index contributed by atoms with van der Waals surface area (Å²) in [6.45, 7) is 2.09. The molecular formula is C27H19N3O. The molecule has 0 aliphatic rings. The molecule has 0 amide bonds. The zero-order chi connectivity index (χ0) is 20.8.